The van der Waals surface area contributed by atoms with Crippen molar-refractivity contribution in [1.82, 2.24) is 14.8 Å². The van der Waals surface area contributed by atoms with Gasteiger partial charge >= 0.3 is 5.97 Å². The molecule has 1 unspecified atom stereocenters. The van der Waals surface area contributed by atoms with Crippen LogP contribution in [0.1, 0.15) is 32.4 Å². The van der Waals surface area contributed by atoms with E-state index in [1.54, 1.807) is 4.68 Å². The molecule has 0 amide bonds. The van der Waals surface area contributed by atoms with Crippen molar-refractivity contribution in [2.75, 3.05) is 25.6 Å². The predicted octanol–water partition coefficient (Wildman–Crippen LogP) is 3.30. The highest BCUT2D eigenvalue weighted by Crippen LogP contribution is 2.42. The van der Waals surface area contributed by atoms with Gasteiger partial charge in [0, 0.05) is 5.70 Å². The molecule has 1 atom stereocenters. The fourth-order valence-electron chi connectivity index (χ4n) is 3.07. The van der Waals surface area contributed by atoms with Gasteiger partial charge in [0.2, 0.25) is 5.95 Å². The van der Waals surface area contributed by atoms with Crippen molar-refractivity contribution in [2.24, 2.45) is 0 Å². The summed E-state index contributed by atoms with van der Waals surface area (Å²) in [4.78, 5) is 16.7. The molecule has 0 saturated carbocycles. The molecule has 1 aliphatic heterocycles. The molecule has 0 saturated heterocycles. The number of ether oxygens (including phenoxy) is 3. The Morgan fingerprint density at radius 2 is 2.04 bits per heavy atom. The van der Waals surface area contributed by atoms with Crippen molar-refractivity contribution in [3.63, 3.8) is 0 Å². The van der Waals surface area contributed by atoms with Crippen molar-refractivity contribution in [3.05, 3.63) is 39.8 Å². The van der Waals surface area contributed by atoms with Crippen LogP contribution in [0.25, 0.3) is 0 Å². The Labute approximate surface area is 165 Å². The fourth-order valence-corrected chi connectivity index (χ4v) is 3.64. The minimum atomic E-state index is -0.512. The van der Waals surface area contributed by atoms with Gasteiger partial charge in [0.25, 0.3) is 0 Å². The zero-order valence-corrected chi connectivity index (χ0v) is 17.2. The van der Waals surface area contributed by atoms with E-state index in [9.17, 15) is 4.79 Å². The number of hydrogen-bond acceptors (Lipinski definition) is 7. The first-order chi connectivity index (χ1) is 13.0. The molecule has 1 aromatic heterocycles. The average Bonchev–Trinajstić information content (AvgIpc) is 3.10. The van der Waals surface area contributed by atoms with Crippen LogP contribution in [0.3, 0.4) is 0 Å². The van der Waals surface area contributed by atoms with Crippen LogP contribution in [0.5, 0.6) is 11.5 Å². The molecule has 1 N–H and O–H groups in total. The molecule has 0 aliphatic carbocycles. The second-order valence-corrected chi connectivity index (χ2v) is 6.64. The van der Waals surface area contributed by atoms with E-state index in [2.05, 4.69) is 31.3 Å². The maximum atomic E-state index is 12.5. The molecule has 3 rings (SSSR count). The molecular formula is C18H21BrN4O4. The summed E-state index contributed by atoms with van der Waals surface area (Å²) >= 11 is 3.56. The fraction of sp³-hybridized carbons (Fsp3) is 0.389. The predicted molar refractivity (Wildman–Crippen MR) is 103 cm³/mol. The summed E-state index contributed by atoms with van der Waals surface area (Å²) in [5.41, 5.74) is 1.91. The number of nitrogens with zero attached hydrogens (tertiary/aromatic N) is 3. The van der Waals surface area contributed by atoms with Gasteiger partial charge in [-0.3, -0.25) is 0 Å². The van der Waals surface area contributed by atoms with Gasteiger partial charge in [0.1, 0.15) is 12.4 Å². The second-order valence-electron chi connectivity index (χ2n) is 5.78. The maximum Gasteiger partial charge on any atom is 0.338 e. The third-order valence-electron chi connectivity index (χ3n) is 4.14. The minimum absolute atomic E-state index is 0.436. The lowest BCUT2D eigenvalue weighted by molar-refractivity contribution is -0.136. The van der Waals surface area contributed by atoms with Gasteiger partial charge in [-0.25, -0.2) is 9.48 Å². The number of esters is 1. The summed E-state index contributed by atoms with van der Waals surface area (Å²) < 4.78 is 18.9. The number of rotatable bonds is 6. The van der Waals surface area contributed by atoms with E-state index in [-0.39, 0.29) is 0 Å². The molecule has 2 aromatic rings. The van der Waals surface area contributed by atoms with Crippen LogP contribution in [0.4, 0.5) is 5.95 Å². The average molecular weight is 437 g/mol. The largest absolute Gasteiger partial charge is 0.490 e. The standard InChI is InChI=1S/C18H21BrN4O4/c1-5-26-13-8-11(7-12(19)16(13)27-6-2)15-14(17(24)25-4)10(3)22-18-20-9-21-23(15)18/h7-9,15H,5-6H2,1-4H3,(H,20,21,22). The number of carbonyl (C=O) groups excluding carboxylic acids is 1. The van der Waals surface area contributed by atoms with Gasteiger partial charge in [-0.05, 0) is 54.4 Å². The molecule has 9 heteroatoms. The van der Waals surface area contributed by atoms with Crippen molar-refractivity contribution < 1.29 is 19.0 Å². The monoisotopic (exact) mass is 436 g/mol. The third-order valence-corrected chi connectivity index (χ3v) is 4.72. The number of fused-ring (bicyclic) bond motifs is 1. The van der Waals surface area contributed by atoms with Crippen molar-refractivity contribution in [3.8, 4) is 11.5 Å². The van der Waals surface area contributed by atoms with Gasteiger partial charge in [-0.2, -0.15) is 10.1 Å². The van der Waals surface area contributed by atoms with E-state index in [1.165, 1.54) is 13.4 Å². The van der Waals surface area contributed by atoms with Crippen LogP contribution in [-0.4, -0.2) is 41.1 Å². The molecule has 8 nitrogen and oxygen atoms in total. The normalized spacial score (nSPS) is 15.8. The first-order valence-electron chi connectivity index (χ1n) is 8.56. The summed E-state index contributed by atoms with van der Waals surface area (Å²) in [5, 5.41) is 7.39. The molecule has 0 radical (unpaired) electrons. The number of carbonyl (C=O) groups is 1. The third kappa shape index (κ3) is 3.51. The molecule has 1 aliphatic rings. The summed E-state index contributed by atoms with van der Waals surface area (Å²) in [7, 11) is 1.36. The molecule has 0 spiro atoms. The Kier molecular flexibility index (Phi) is 5.69. The van der Waals surface area contributed by atoms with Crippen LogP contribution < -0.4 is 14.8 Å². The molecule has 0 bridgehead atoms. The van der Waals surface area contributed by atoms with Gasteiger partial charge in [-0.15, -0.1) is 0 Å². The molecule has 27 heavy (non-hydrogen) atoms. The Morgan fingerprint density at radius 1 is 1.30 bits per heavy atom. The number of allylic oxidation sites excluding steroid dienone is 1. The number of anilines is 1. The van der Waals surface area contributed by atoms with Crippen LogP contribution in [-0.2, 0) is 9.53 Å². The number of halogens is 1. The van der Waals surface area contributed by atoms with Gasteiger partial charge < -0.3 is 19.5 Å². The highest BCUT2D eigenvalue weighted by molar-refractivity contribution is 9.10. The van der Waals surface area contributed by atoms with Crippen molar-refractivity contribution in [1.29, 1.82) is 0 Å². The first-order valence-corrected chi connectivity index (χ1v) is 9.35. The topological polar surface area (TPSA) is 87.5 Å². The van der Waals surface area contributed by atoms with Gasteiger partial charge in [0.05, 0.1) is 30.4 Å². The molecule has 0 fully saturated rings. The minimum Gasteiger partial charge on any atom is -0.490 e. The molecule has 1 aromatic carbocycles. The molecule has 2 heterocycles. The quantitative estimate of drug-likeness (QED) is 0.694. The Hall–Kier alpha value is -2.55. The Balaban J connectivity index is 2.19. The van der Waals surface area contributed by atoms with Crippen LogP contribution in [0.15, 0.2) is 34.2 Å². The highest BCUT2D eigenvalue weighted by Gasteiger charge is 2.35. The van der Waals surface area contributed by atoms with Crippen molar-refractivity contribution in [2.45, 2.75) is 26.8 Å². The molecular weight excluding hydrogens is 416 g/mol. The summed E-state index contributed by atoms with van der Waals surface area (Å²) in [6.07, 6.45) is 1.44. The SMILES string of the molecule is CCOc1cc(C2C(C(=O)OC)=C(C)Nc3ncnn32)cc(Br)c1OCC. The lowest BCUT2D eigenvalue weighted by Gasteiger charge is -2.28. The summed E-state index contributed by atoms with van der Waals surface area (Å²) in [6, 6.07) is 3.24. The lowest BCUT2D eigenvalue weighted by Crippen LogP contribution is -2.29. The number of methoxy groups -OCH3 is 1. The highest BCUT2D eigenvalue weighted by atomic mass is 79.9. The van der Waals surface area contributed by atoms with E-state index < -0.39 is 12.0 Å². The van der Waals surface area contributed by atoms with Crippen LogP contribution in [0.2, 0.25) is 0 Å². The van der Waals surface area contributed by atoms with Gasteiger partial charge in [-0.1, -0.05) is 0 Å². The summed E-state index contributed by atoms with van der Waals surface area (Å²) in [6.45, 7) is 6.61. The number of benzene rings is 1. The number of aromatic nitrogens is 3. The maximum absolute atomic E-state index is 12.5. The van der Waals surface area contributed by atoms with Crippen molar-refractivity contribution >= 4 is 27.8 Å². The summed E-state index contributed by atoms with van der Waals surface area (Å²) in [5.74, 6) is 1.32. The number of hydrogen-bond donors (Lipinski definition) is 1. The first kappa shape index (κ1) is 19.2. The van der Waals surface area contributed by atoms with Crippen LogP contribution in [0, 0.1) is 0 Å². The Morgan fingerprint density at radius 3 is 2.70 bits per heavy atom. The van der Waals surface area contributed by atoms with E-state index >= 15 is 0 Å². The van der Waals surface area contributed by atoms with E-state index in [1.807, 2.05) is 32.9 Å². The Bertz CT molecular complexity index is 893. The van der Waals surface area contributed by atoms with Crippen LogP contribution >= 0.6 is 15.9 Å². The lowest BCUT2D eigenvalue weighted by atomic mass is 9.95. The van der Waals surface area contributed by atoms with E-state index in [0.29, 0.717) is 41.9 Å². The smallest absolute Gasteiger partial charge is 0.338 e. The van der Waals surface area contributed by atoms with Gasteiger partial charge in [0.15, 0.2) is 11.5 Å². The number of nitrogens with one attached hydrogen (secondary N) is 1. The zero-order valence-electron chi connectivity index (χ0n) is 15.6. The second kappa shape index (κ2) is 7.99. The molecule has 144 valence electrons. The zero-order chi connectivity index (χ0) is 19.6. The van der Waals surface area contributed by atoms with E-state index in [4.69, 9.17) is 14.2 Å². The van der Waals surface area contributed by atoms with E-state index in [0.717, 1.165) is 10.0 Å².